The van der Waals surface area contributed by atoms with Gasteiger partial charge >= 0.3 is 0 Å². The van der Waals surface area contributed by atoms with Crippen molar-refractivity contribution >= 4 is 43.5 Å². The lowest BCUT2D eigenvalue weighted by molar-refractivity contribution is 0.744. The minimum atomic E-state index is 0.733. The summed E-state index contributed by atoms with van der Waals surface area (Å²) in [6.45, 7) is 2.75. The van der Waals surface area contributed by atoms with Crippen molar-refractivity contribution in [2.75, 3.05) is 0 Å². The first-order valence-electron chi connectivity index (χ1n) is 4.69. The van der Waals surface area contributed by atoms with E-state index in [-0.39, 0.29) is 0 Å². The average molecular weight is 364 g/mol. The van der Waals surface area contributed by atoms with Crippen LogP contribution in [0.5, 0.6) is 0 Å². The molecule has 5 heteroatoms. The van der Waals surface area contributed by atoms with Gasteiger partial charge in [-0.15, -0.1) is 0 Å². The van der Waals surface area contributed by atoms with E-state index in [0.29, 0.717) is 0 Å². The lowest BCUT2D eigenvalue weighted by Crippen LogP contribution is -2.03. The van der Waals surface area contributed by atoms with E-state index < -0.39 is 0 Å². The summed E-state index contributed by atoms with van der Waals surface area (Å²) in [7, 11) is 0. The molecule has 2 aromatic rings. The molecule has 0 aliphatic carbocycles. The maximum atomic E-state index is 5.90. The van der Waals surface area contributed by atoms with Gasteiger partial charge in [0, 0.05) is 9.50 Å². The smallest absolute Gasteiger partial charge is 0.106 e. The normalized spacial score (nSPS) is 10.8. The second-order valence-corrected chi connectivity index (χ2v) is 5.55. The predicted octanol–water partition coefficient (Wildman–Crippen LogP) is 4.42. The molecular weight excluding hydrogens is 355 g/mol. The van der Waals surface area contributed by atoms with Gasteiger partial charge in [0.2, 0.25) is 0 Å². The number of rotatable bonds is 2. The van der Waals surface area contributed by atoms with Gasteiger partial charge in [-0.3, -0.25) is 0 Å². The molecule has 84 valence electrons. The summed E-state index contributed by atoms with van der Waals surface area (Å²) in [4.78, 5) is 4.23. The zero-order chi connectivity index (χ0) is 11.7. The van der Waals surface area contributed by atoms with Gasteiger partial charge in [0.15, 0.2) is 0 Å². The Labute approximate surface area is 116 Å². The number of benzene rings is 1. The van der Waals surface area contributed by atoms with Gasteiger partial charge in [-0.1, -0.05) is 33.6 Å². The average Bonchev–Trinajstić information content (AvgIpc) is 2.53. The van der Waals surface area contributed by atoms with Crippen LogP contribution in [0.25, 0.3) is 0 Å². The molecular formula is C11H9Br2ClN2. The van der Waals surface area contributed by atoms with Crippen LogP contribution in [0.2, 0.25) is 5.02 Å². The van der Waals surface area contributed by atoms with Crippen LogP contribution >= 0.6 is 43.5 Å². The highest BCUT2D eigenvalue weighted by Crippen LogP contribution is 2.24. The molecule has 2 nitrogen and oxygen atoms in total. The molecule has 0 atom stereocenters. The van der Waals surface area contributed by atoms with Crippen molar-refractivity contribution in [2.24, 2.45) is 0 Å². The molecule has 1 heterocycles. The van der Waals surface area contributed by atoms with Crippen LogP contribution in [0.15, 0.2) is 33.5 Å². The van der Waals surface area contributed by atoms with Crippen LogP contribution in [0.3, 0.4) is 0 Å². The number of halogens is 3. The molecule has 0 N–H and O–H groups in total. The monoisotopic (exact) mass is 362 g/mol. The van der Waals surface area contributed by atoms with Crippen molar-refractivity contribution in [3.8, 4) is 0 Å². The van der Waals surface area contributed by atoms with E-state index in [1.807, 2.05) is 25.1 Å². The highest BCUT2D eigenvalue weighted by atomic mass is 79.9. The van der Waals surface area contributed by atoms with Crippen molar-refractivity contribution < 1.29 is 0 Å². The van der Waals surface area contributed by atoms with Crippen LogP contribution in [0.4, 0.5) is 0 Å². The molecule has 0 aliphatic heterocycles. The minimum absolute atomic E-state index is 0.733. The van der Waals surface area contributed by atoms with E-state index in [9.17, 15) is 0 Å². The molecule has 0 spiro atoms. The summed E-state index contributed by atoms with van der Waals surface area (Å²) in [6, 6.07) is 5.80. The Hall–Kier alpha value is -0.320. The zero-order valence-corrected chi connectivity index (χ0v) is 12.5. The molecule has 0 aliphatic rings. The first-order valence-corrected chi connectivity index (χ1v) is 6.66. The van der Waals surface area contributed by atoms with E-state index in [1.54, 1.807) is 6.20 Å². The fraction of sp³-hybridized carbons (Fsp3) is 0.182. The Morgan fingerprint density at radius 1 is 1.38 bits per heavy atom. The topological polar surface area (TPSA) is 17.8 Å². The molecule has 0 bridgehead atoms. The van der Waals surface area contributed by atoms with E-state index in [0.717, 1.165) is 26.5 Å². The van der Waals surface area contributed by atoms with Gasteiger partial charge in [0.25, 0.3) is 0 Å². The third kappa shape index (κ3) is 2.50. The van der Waals surface area contributed by atoms with E-state index >= 15 is 0 Å². The summed E-state index contributed by atoms with van der Waals surface area (Å²) in [5.74, 6) is 0.980. The maximum Gasteiger partial charge on any atom is 0.106 e. The summed E-state index contributed by atoms with van der Waals surface area (Å²) in [5, 5.41) is 0.733. The fourth-order valence-electron chi connectivity index (χ4n) is 1.45. The van der Waals surface area contributed by atoms with Crippen LogP contribution < -0.4 is 0 Å². The second kappa shape index (κ2) is 4.90. The van der Waals surface area contributed by atoms with E-state index in [1.165, 1.54) is 5.56 Å². The predicted molar refractivity (Wildman–Crippen MR) is 72.9 cm³/mol. The standard InChI is InChI=1S/C11H9Br2ClN2/c1-7-15-5-11(13)16(7)6-8-2-3-9(14)4-10(8)12/h2-5H,6H2,1H3. The molecule has 0 saturated carbocycles. The van der Waals surface area contributed by atoms with Crippen LogP contribution in [-0.4, -0.2) is 9.55 Å². The molecule has 0 amide bonds. The molecule has 1 aromatic heterocycles. The summed E-state index contributed by atoms with van der Waals surface area (Å²) >= 11 is 12.9. The van der Waals surface area contributed by atoms with Crippen molar-refractivity contribution in [1.82, 2.24) is 9.55 Å². The highest BCUT2D eigenvalue weighted by molar-refractivity contribution is 9.10. The third-order valence-electron chi connectivity index (χ3n) is 2.35. The van der Waals surface area contributed by atoms with Gasteiger partial charge < -0.3 is 4.57 Å². The number of hydrogen-bond donors (Lipinski definition) is 0. The molecule has 0 unspecified atom stereocenters. The van der Waals surface area contributed by atoms with Gasteiger partial charge in [0.1, 0.15) is 10.4 Å². The minimum Gasteiger partial charge on any atom is -0.318 e. The summed E-state index contributed by atoms with van der Waals surface area (Å²) in [5.41, 5.74) is 1.17. The van der Waals surface area contributed by atoms with Gasteiger partial charge in [-0.2, -0.15) is 0 Å². The molecule has 16 heavy (non-hydrogen) atoms. The second-order valence-electron chi connectivity index (χ2n) is 3.45. The Balaban J connectivity index is 2.34. The lowest BCUT2D eigenvalue weighted by Gasteiger charge is -2.09. The molecule has 1 aromatic carbocycles. The largest absolute Gasteiger partial charge is 0.318 e. The summed E-state index contributed by atoms with van der Waals surface area (Å²) < 4.78 is 4.08. The lowest BCUT2D eigenvalue weighted by atomic mass is 10.2. The summed E-state index contributed by atoms with van der Waals surface area (Å²) in [6.07, 6.45) is 1.80. The molecule has 0 radical (unpaired) electrons. The van der Waals surface area contributed by atoms with Gasteiger partial charge in [-0.25, -0.2) is 4.98 Å². The van der Waals surface area contributed by atoms with Crippen molar-refractivity contribution in [2.45, 2.75) is 13.5 Å². The molecule has 2 rings (SSSR count). The Morgan fingerprint density at radius 2 is 2.12 bits per heavy atom. The van der Waals surface area contributed by atoms with Crippen LogP contribution in [0, 0.1) is 6.92 Å². The first kappa shape index (κ1) is 12.1. The van der Waals surface area contributed by atoms with Crippen LogP contribution in [0.1, 0.15) is 11.4 Å². The van der Waals surface area contributed by atoms with Crippen molar-refractivity contribution in [3.05, 3.63) is 49.9 Å². The van der Waals surface area contributed by atoms with Gasteiger partial charge in [-0.05, 0) is 40.5 Å². The quantitative estimate of drug-likeness (QED) is 0.771. The number of aryl methyl sites for hydroxylation is 1. The number of aromatic nitrogens is 2. The first-order chi connectivity index (χ1) is 7.58. The molecule has 0 saturated heterocycles. The number of imidazole rings is 1. The van der Waals surface area contributed by atoms with Gasteiger partial charge in [0.05, 0.1) is 12.7 Å². The Bertz CT molecular complexity index is 503. The number of hydrogen-bond acceptors (Lipinski definition) is 1. The van der Waals surface area contributed by atoms with E-state index in [2.05, 4.69) is 41.4 Å². The van der Waals surface area contributed by atoms with E-state index in [4.69, 9.17) is 11.6 Å². The zero-order valence-electron chi connectivity index (χ0n) is 8.54. The molecule has 0 fully saturated rings. The third-order valence-corrected chi connectivity index (χ3v) is 3.96. The highest BCUT2D eigenvalue weighted by Gasteiger charge is 2.07. The number of nitrogens with zero attached hydrogens (tertiary/aromatic N) is 2. The Morgan fingerprint density at radius 3 is 2.69 bits per heavy atom. The Kier molecular flexibility index (Phi) is 3.72. The van der Waals surface area contributed by atoms with Crippen LogP contribution in [-0.2, 0) is 6.54 Å². The van der Waals surface area contributed by atoms with Crippen molar-refractivity contribution in [1.29, 1.82) is 0 Å². The maximum absolute atomic E-state index is 5.90. The van der Waals surface area contributed by atoms with Crippen molar-refractivity contribution in [3.63, 3.8) is 0 Å². The fourth-order valence-corrected chi connectivity index (χ4v) is 2.74. The SMILES string of the molecule is Cc1ncc(Br)n1Cc1ccc(Cl)cc1Br.